The number of aliphatic hydroxyl groups is 2. The van der Waals surface area contributed by atoms with E-state index in [1.54, 1.807) is 11.7 Å². The van der Waals surface area contributed by atoms with Crippen LogP contribution in [0, 0.1) is 5.41 Å². The summed E-state index contributed by atoms with van der Waals surface area (Å²) in [7, 11) is 1.79. The van der Waals surface area contributed by atoms with Crippen LogP contribution in [-0.2, 0) is 13.5 Å². The summed E-state index contributed by atoms with van der Waals surface area (Å²) in [5, 5.41) is 22.0. The van der Waals surface area contributed by atoms with E-state index in [1.165, 1.54) is 6.33 Å². The van der Waals surface area contributed by atoms with E-state index in [9.17, 15) is 0 Å². The van der Waals surface area contributed by atoms with Crippen LogP contribution in [0.2, 0.25) is 0 Å². The fourth-order valence-corrected chi connectivity index (χ4v) is 1.02. The van der Waals surface area contributed by atoms with Gasteiger partial charge in [-0.1, -0.05) is 6.92 Å². The molecular formula is C8H15N3O2. The van der Waals surface area contributed by atoms with E-state index in [0.717, 1.165) is 5.82 Å². The summed E-state index contributed by atoms with van der Waals surface area (Å²) in [5.74, 6) is 0.769. The van der Waals surface area contributed by atoms with Crippen LogP contribution in [0.15, 0.2) is 6.33 Å². The van der Waals surface area contributed by atoms with Crippen LogP contribution >= 0.6 is 0 Å². The predicted octanol–water partition coefficient (Wildman–Crippen LogP) is -0.652. The monoisotopic (exact) mass is 185 g/mol. The van der Waals surface area contributed by atoms with Crippen molar-refractivity contribution in [1.29, 1.82) is 0 Å². The second kappa shape index (κ2) is 3.85. The topological polar surface area (TPSA) is 71.2 Å². The third-order valence-corrected chi connectivity index (χ3v) is 2.15. The molecule has 0 fully saturated rings. The van der Waals surface area contributed by atoms with Crippen molar-refractivity contribution in [1.82, 2.24) is 14.8 Å². The van der Waals surface area contributed by atoms with E-state index in [2.05, 4.69) is 10.1 Å². The molecule has 13 heavy (non-hydrogen) atoms. The van der Waals surface area contributed by atoms with Gasteiger partial charge in [-0.05, 0) is 0 Å². The van der Waals surface area contributed by atoms with Crippen LogP contribution in [0.4, 0.5) is 0 Å². The Labute approximate surface area is 77.0 Å². The van der Waals surface area contributed by atoms with E-state index >= 15 is 0 Å². The lowest BCUT2D eigenvalue weighted by atomic mass is 9.88. The molecule has 1 heterocycles. The van der Waals surface area contributed by atoms with Crippen molar-refractivity contribution < 1.29 is 10.2 Å². The highest BCUT2D eigenvalue weighted by Crippen LogP contribution is 2.19. The molecule has 0 aliphatic carbocycles. The molecule has 0 atom stereocenters. The molecule has 1 rings (SSSR count). The third-order valence-electron chi connectivity index (χ3n) is 2.15. The average Bonchev–Trinajstić information content (AvgIpc) is 2.52. The maximum absolute atomic E-state index is 9.06. The molecule has 1 aromatic rings. The number of aryl methyl sites for hydroxylation is 1. The maximum atomic E-state index is 9.06. The highest BCUT2D eigenvalue weighted by atomic mass is 16.3. The average molecular weight is 185 g/mol. The third kappa shape index (κ3) is 2.26. The maximum Gasteiger partial charge on any atom is 0.138 e. The normalized spacial score (nSPS) is 12.0. The van der Waals surface area contributed by atoms with Gasteiger partial charge in [0.15, 0.2) is 0 Å². The first-order valence-electron chi connectivity index (χ1n) is 4.16. The van der Waals surface area contributed by atoms with Gasteiger partial charge in [-0.2, -0.15) is 5.10 Å². The van der Waals surface area contributed by atoms with Crippen molar-refractivity contribution >= 4 is 0 Å². The van der Waals surface area contributed by atoms with Crippen molar-refractivity contribution in [3.63, 3.8) is 0 Å². The first-order chi connectivity index (χ1) is 6.11. The minimum Gasteiger partial charge on any atom is -0.396 e. The Morgan fingerprint density at radius 2 is 2.08 bits per heavy atom. The van der Waals surface area contributed by atoms with Gasteiger partial charge in [0.2, 0.25) is 0 Å². The molecule has 0 saturated carbocycles. The van der Waals surface area contributed by atoms with Crippen LogP contribution in [0.1, 0.15) is 12.7 Å². The lowest BCUT2D eigenvalue weighted by Gasteiger charge is -2.23. The van der Waals surface area contributed by atoms with E-state index in [0.29, 0.717) is 6.42 Å². The first-order valence-corrected chi connectivity index (χ1v) is 4.16. The van der Waals surface area contributed by atoms with Gasteiger partial charge in [-0.15, -0.1) is 0 Å². The molecule has 0 spiro atoms. The molecule has 0 radical (unpaired) electrons. The lowest BCUT2D eigenvalue weighted by Crippen LogP contribution is -2.29. The Kier molecular flexibility index (Phi) is 3.00. The summed E-state index contributed by atoms with van der Waals surface area (Å²) >= 11 is 0. The second-order valence-electron chi connectivity index (χ2n) is 3.60. The number of hydrogen-bond donors (Lipinski definition) is 2. The van der Waals surface area contributed by atoms with Gasteiger partial charge in [-0.25, -0.2) is 4.98 Å². The molecule has 5 nitrogen and oxygen atoms in total. The molecule has 1 aromatic heterocycles. The predicted molar refractivity (Wildman–Crippen MR) is 47.0 cm³/mol. The van der Waals surface area contributed by atoms with Gasteiger partial charge in [0.1, 0.15) is 12.2 Å². The molecule has 0 unspecified atom stereocenters. The lowest BCUT2D eigenvalue weighted by molar-refractivity contribution is 0.0680. The molecular weight excluding hydrogens is 170 g/mol. The van der Waals surface area contributed by atoms with Gasteiger partial charge in [0, 0.05) is 18.9 Å². The number of aliphatic hydroxyl groups excluding tert-OH is 2. The van der Waals surface area contributed by atoms with Gasteiger partial charge < -0.3 is 10.2 Å². The summed E-state index contributed by atoms with van der Waals surface area (Å²) in [4.78, 5) is 4.03. The van der Waals surface area contributed by atoms with Crippen molar-refractivity contribution in [2.45, 2.75) is 13.3 Å². The molecule has 0 amide bonds. The highest BCUT2D eigenvalue weighted by molar-refractivity contribution is 4.91. The Morgan fingerprint density at radius 1 is 1.46 bits per heavy atom. The van der Waals surface area contributed by atoms with Crippen LogP contribution < -0.4 is 0 Å². The quantitative estimate of drug-likeness (QED) is 0.654. The van der Waals surface area contributed by atoms with Crippen molar-refractivity contribution in [3.05, 3.63) is 12.2 Å². The molecule has 0 aromatic carbocycles. The van der Waals surface area contributed by atoms with Crippen LogP contribution in [0.3, 0.4) is 0 Å². The Morgan fingerprint density at radius 3 is 2.46 bits per heavy atom. The smallest absolute Gasteiger partial charge is 0.138 e. The molecule has 5 heteroatoms. The molecule has 74 valence electrons. The zero-order valence-electron chi connectivity index (χ0n) is 7.93. The van der Waals surface area contributed by atoms with Crippen LogP contribution in [0.25, 0.3) is 0 Å². The summed E-state index contributed by atoms with van der Waals surface area (Å²) in [5.41, 5.74) is -0.513. The molecule has 0 bridgehead atoms. The fraction of sp³-hybridized carbons (Fsp3) is 0.750. The van der Waals surface area contributed by atoms with Crippen LogP contribution in [-0.4, -0.2) is 38.2 Å². The summed E-state index contributed by atoms with van der Waals surface area (Å²) in [6.07, 6.45) is 1.99. The first kappa shape index (κ1) is 10.1. The number of hydrogen-bond acceptors (Lipinski definition) is 4. The van der Waals surface area contributed by atoms with E-state index in [1.807, 2.05) is 6.92 Å². The molecule has 0 aliphatic rings. The Hall–Kier alpha value is -0.940. The minimum atomic E-state index is -0.513. The van der Waals surface area contributed by atoms with E-state index in [-0.39, 0.29) is 13.2 Å². The van der Waals surface area contributed by atoms with Gasteiger partial charge in [-0.3, -0.25) is 4.68 Å². The van der Waals surface area contributed by atoms with Crippen molar-refractivity contribution in [3.8, 4) is 0 Å². The van der Waals surface area contributed by atoms with Crippen molar-refractivity contribution in [2.75, 3.05) is 13.2 Å². The highest BCUT2D eigenvalue weighted by Gasteiger charge is 2.24. The molecule has 2 N–H and O–H groups in total. The van der Waals surface area contributed by atoms with Crippen LogP contribution in [0.5, 0.6) is 0 Å². The zero-order valence-corrected chi connectivity index (χ0v) is 7.93. The summed E-state index contributed by atoms with van der Waals surface area (Å²) in [6.45, 7) is 1.69. The zero-order chi connectivity index (χ0) is 9.90. The van der Waals surface area contributed by atoms with Crippen molar-refractivity contribution in [2.24, 2.45) is 12.5 Å². The van der Waals surface area contributed by atoms with Gasteiger partial charge in [0.05, 0.1) is 13.2 Å². The second-order valence-corrected chi connectivity index (χ2v) is 3.60. The summed E-state index contributed by atoms with van der Waals surface area (Å²) < 4.78 is 1.64. The van der Waals surface area contributed by atoms with Gasteiger partial charge in [0.25, 0.3) is 0 Å². The Bertz CT molecular complexity index is 268. The Balaban J connectivity index is 2.73. The number of nitrogens with zero attached hydrogens (tertiary/aromatic N) is 3. The SMILES string of the molecule is Cn1ncnc1CC(C)(CO)CO. The van der Waals surface area contributed by atoms with E-state index < -0.39 is 5.41 Å². The molecule has 0 saturated heterocycles. The standard InChI is InChI=1S/C8H15N3O2/c1-8(4-12,5-13)3-7-9-6-10-11(7)2/h6,12-13H,3-5H2,1-2H3. The largest absolute Gasteiger partial charge is 0.396 e. The number of rotatable bonds is 4. The number of aromatic nitrogens is 3. The summed E-state index contributed by atoms with van der Waals surface area (Å²) in [6, 6.07) is 0. The fourth-order valence-electron chi connectivity index (χ4n) is 1.02. The molecule has 0 aliphatic heterocycles. The van der Waals surface area contributed by atoms with E-state index in [4.69, 9.17) is 10.2 Å². The van der Waals surface area contributed by atoms with Gasteiger partial charge >= 0.3 is 0 Å². The minimum absolute atomic E-state index is 0.0592.